The lowest BCUT2D eigenvalue weighted by atomic mass is 10.0. The van der Waals surface area contributed by atoms with Crippen molar-refractivity contribution >= 4 is 17.8 Å². The Morgan fingerprint density at radius 1 is 0.800 bits per heavy atom. The fourth-order valence-corrected chi connectivity index (χ4v) is 2.67. The van der Waals surface area contributed by atoms with Gasteiger partial charge in [-0.3, -0.25) is 4.79 Å². The molecule has 0 atom stereocenters. The molecule has 0 spiro atoms. The normalized spacial score (nSPS) is 10.7. The first kappa shape index (κ1) is 21.0. The van der Waals surface area contributed by atoms with E-state index >= 15 is 0 Å². The first-order chi connectivity index (χ1) is 14.7. The number of rotatable bonds is 9. The zero-order valence-corrected chi connectivity index (χ0v) is 16.4. The lowest BCUT2D eigenvalue weighted by Gasteiger charge is -2.06. The van der Waals surface area contributed by atoms with E-state index in [9.17, 15) is 9.59 Å². The first-order valence-electron chi connectivity index (χ1n) is 9.59. The molecule has 3 aromatic carbocycles. The molecule has 5 heteroatoms. The van der Waals surface area contributed by atoms with Crippen LogP contribution in [0.1, 0.15) is 27.9 Å². The van der Waals surface area contributed by atoms with Gasteiger partial charge in [0.25, 0.3) is 0 Å². The van der Waals surface area contributed by atoms with Crippen molar-refractivity contribution in [3.63, 3.8) is 0 Å². The predicted octanol–water partition coefficient (Wildman–Crippen LogP) is 4.30. The Morgan fingerprint density at radius 2 is 1.43 bits per heavy atom. The Kier molecular flexibility index (Phi) is 7.52. The standard InChI is InChI=1S/C25H22O5/c26-17-4-18-29-22-14-12-21(13-15-22)25(28)20-10-7-19(8-11-20)9-16-24(27)30-23-5-2-1-3-6-23/h1-3,5-16,26H,4,17-18H2/b16-9+. The van der Waals surface area contributed by atoms with E-state index in [2.05, 4.69) is 0 Å². The van der Waals surface area contributed by atoms with Crippen LogP contribution in [0.2, 0.25) is 0 Å². The van der Waals surface area contributed by atoms with E-state index in [1.165, 1.54) is 6.08 Å². The van der Waals surface area contributed by atoms with Crippen molar-refractivity contribution in [1.82, 2.24) is 0 Å². The monoisotopic (exact) mass is 402 g/mol. The molecule has 0 aromatic heterocycles. The molecular formula is C25H22O5. The van der Waals surface area contributed by atoms with Crippen LogP contribution in [0.4, 0.5) is 0 Å². The second-order valence-corrected chi connectivity index (χ2v) is 6.47. The van der Waals surface area contributed by atoms with Crippen LogP contribution < -0.4 is 9.47 Å². The van der Waals surface area contributed by atoms with Gasteiger partial charge in [0.15, 0.2) is 5.78 Å². The van der Waals surface area contributed by atoms with E-state index in [1.54, 1.807) is 78.9 Å². The van der Waals surface area contributed by atoms with Gasteiger partial charge in [-0.05, 0) is 48.0 Å². The summed E-state index contributed by atoms with van der Waals surface area (Å²) in [4.78, 5) is 24.5. The van der Waals surface area contributed by atoms with E-state index in [1.807, 2.05) is 6.07 Å². The Labute approximate surface area is 175 Å². The van der Waals surface area contributed by atoms with Crippen LogP contribution in [0.25, 0.3) is 6.08 Å². The van der Waals surface area contributed by atoms with Crippen LogP contribution in [-0.4, -0.2) is 30.1 Å². The fraction of sp³-hybridized carbons (Fsp3) is 0.120. The van der Waals surface area contributed by atoms with Gasteiger partial charge in [0, 0.05) is 30.2 Å². The SMILES string of the molecule is O=C(/C=C/c1ccc(C(=O)c2ccc(OCCCO)cc2)cc1)Oc1ccccc1. The van der Waals surface area contributed by atoms with Crippen molar-refractivity contribution in [3.05, 3.63) is 102 Å². The van der Waals surface area contributed by atoms with Crippen LogP contribution in [0.5, 0.6) is 11.5 Å². The summed E-state index contributed by atoms with van der Waals surface area (Å²) in [6, 6.07) is 22.7. The Morgan fingerprint density at radius 3 is 2.07 bits per heavy atom. The smallest absolute Gasteiger partial charge is 0.336 e. The second-order valence-electron chi connectivity index (χ2n) is 6.47. The Hall–Kier alpha value is -3.70. The molecule has 0 saturated heterocycles. The van der Waals surface area contributed by atoms with E-state index in [0.717, 1.165) is 5.56 Å². The maximum atomic E-state index is 12.6. The van der Waals surface area contributed by atoms with E-state index in [4.69, 9.17) is 14.6 Å². The largest absolute Gasteiger partial charge is 0.494 e. The molecule has 1 N–H and O–H groups in total. The summed E-state index contributed by atoms with van der Waals surface area (Å²) in [7, 11) is 0. The lowest BCUT2D eigenvalue weighted by molar-refractivity contribution is -0.128. The number of hydrogen-bond acceptors (Lipinski definition) is 5. The molecule has 0 amide bonds. The Balaban J connectivity index is 1.58. The van der Waals surface area contributed by atoms with Gasteiger partial charge >= 0.3 is 5.97 Å². The highest BCUT2D eigenvalue weighted by molar-refractivity contribution is 6.09. The van der Waals surface area contributed by atoms with Crippen LogP contribution >= 0.6 is 0 Å². The highest BCUT2D eigenvalue weighted by Gasteiger charge is 2.09. The van der Waals surface area contributed by atoms with Gasteiger partial charge in [-0.1, -0.05) is 42.5 Å². The van der Waals surface area contributed by atoms with Crippen LogP contribution in [-0.2, 0) is 4.79 Å². The van der Waals surface area contributed by atoms with Gasteiger partial charge in [-0.2, -0.15) is 0 Å². The summed E-state index contributed by atoms with van der Waals surface area (Å²) >= 11 is 0. The average molecular weight is 402 g/mol. The van der Waals surface area contributed by atoms with Crippen molar-refractivity contribution in [2.45, 2.75) is 6.42 Å². The van der Waals surface area contributed by atoms with Gasteiger partial charge in [-0.25, -0.2) is 4.79 Å². The van der Waals surface area contributed by atoms with E-state index in [0.29, 0.717) is 35.7 Å². The quantitative estimate of drug-likeness (QED) is 0.190. The van der Waals surface area contributed by atoms with Gasteiger partial charge in [0.05, 0.1) is 6.61 Å². The van der Waals surface area contributed by atoms with Crippen molar-refractivity contribution in [1.29, 1.82) is 0 Å². The van der Waals surface area contributed by atoms with Crippen molar-refractivity contribution in [3.8, 4) is 11.5 Å². The first-order valence-corrected chi connectivity index (χ1v) is 9.59. The molecule has 5 nitrogen and oxygen atoms in total. The van der Waals surface area contributed by atoms with Crippen molar-refractivity contribution in [2.24, 2.45) is 0 Å². The molecule has 3 rings (SSSR count). The minimum atomic E-state index is -0.470. The average Bonchev–Trinajstić information content (AvgIpc) is 2.79. The molecule has 0 bridgehead atoms. The molecule has 0 aliphatic heterocycles. The second kappa shape index (κ2) is 10.7. The van der Waals surface area contributed by atoms with Gasteiger partial charge in [0.1, 0.15) is 11.5 Å². The highest BCUT2D eigenvalue weighted by Crippen LogP contribution is 2.17. The third-order valence-electron chi connectivity index (χ3n) is 4.23. The summed E-state index contributed by atoms with van der Waals surface area (Å²) < 4.78 is 10.7. The molecule has 0 unspecified atom stereocenters. The summed E-state index contributed by atoms with van der Waals surface area (Å²) in [6.45, 7) is 0.508. The summed E-state index contributed by atoms with van der Waals surface area (Å²) in [5.74, 6) is 0.569. The summed E-state index contributed by atoms with van der Waals surface area (Å²) in [5.41, 5.74) is 1.89. The van der Waals surface area contributed by atoms with Crippen LogP contribution in [0, 0.1) is 0 Å². The zero-order valence-electron chi connectivity index (χ0n) is 16.4. The topological polar surface area (TPSA) is 72.8 Å². The number of ketones is 1. The minimum Gasteiger partial charge on any atom is -0.494 e. The number of ether oxygens (including phenoxy) is 2. The number of benzene rings is 3. The molecule has 30 heavy (non-hydrogen) atoms. The minimum absolute atomic E-state index is 0.0793. The lowest BCUT2D eigenvalue weighted by Crippen LogP contribution is -2.03. The number of carbonyl (C=O) groups is 2. The van der Waals surface area contributed by atoms with Gasteiger partial charge < -0.3 is 14.6 Å². The zero-order chi connectivity index (χ0) is 21.2. The fourth-order valence-electron chi connectivity index (χ4n) is 2.67. The molecule has 152 valence electrons. The number of aliphatic hydroxyl groups excluding tert-OH is 1. The molecular weight excluding hydrogens is 380 g/mol. The summed E-state index contributed by atoms with van der Waals surface area (Å²) in [5, 5.41) is 8.78. The third kappa shape index (κ3) is 6.15. The number of hydrogen-bond donors (Lipinski definition) is 1. The summed E-state index contributed by atoms with van der Waals surface area (Å²) in [6.07, 6.45) is 3.54. The molecule has 0 aliphatic carbocycles. The van der Waals surface area contributed by atoms with E-state index in [-0.39, 0.29) is 12.4 Å². The van der Waals surface area contributed by atoms with Crippen molar-refractivity contribution < 1.29 is 24.2 Å². The highest BCUT2D eigenvalue weighted by atomic mass is 16.5. The molecule has 0 fully saturated rings. The van der Waals surface area contributed by atoms with Gasteiger partial charge in [-0.15, -0.1) is 0 Å². The predicted molar refractivity (Wildman–Crippen MR) is 115 cm³/mol. The molecule has 3 aromatic rings. The number of esters is 1. The Bertz CT molecular complexity index is 990. The van der Waals surface area contributed by atoms with Crippen LogP contribution in [0.15, 0.2) is 84.9 Å². The third-order valence-corrected chi connectivity index (χ3v) is 4.23. The number of carbonyl (C=O) groups excluding carboxylic acids is 2. The van der Waals surface area contributed by atoms with Gasteiger partial charge in [0.2, 0.25) is 0 Å². The van der Waals surface area contributed by atoms with Crippen LogP contribution in [0.3, 0.4) is 0 Å². The number of para-hydroxylation sites is 1. The maximum Gasteiger partial charge on any atom is 0.336 e. The van der Waals surface area contributed by atoms with Crippen molar-refractivity contribution in [2.75, 3.05) is 13.2 Å². The molecule has 0 radical (unpaired) electrons. The van der Waals surface area contributed by atoms with E-state index < -0.39 is 5.97 Å². The molecule has 0 aliphatic rings. The maximum absolute atomic E-state index is 12.6. The molecule has 0 saturated carbocycles. The molecule has 0 heterocycles. The number of aliphatic hydroxyl groups is 1.